The topological polar surface area (TPSA) is 93.2 Å². The average molecular weight is 289 g/mol. The van der Waals surface area contributed by atoms with Crippen LogP contribution in [0.3, 0.4) is 0 Å². The molecule has 0 aliphatic carbocycles. The van der Waals surface area contributed by atoms with Gasteiger partial charge in [0.1, 0.15) is 10.7 Å². The van der Waals surface area contributed by atoms with Crippen molar-refractivity contribution in [1.82, 2.24) is 19.4 Å². The summed E-state index contributed by atoms with van der Waals surface area (Å²) < 4.78 is 28.2. The lowest BCUT2D eigenvalue weighted by atomic mass is 10.4. The van der Waals surface area contributed by atoms with Gasteiger partial charge in [-0.3, -0.25) is 0 Å². The molecule has 1 rings (SSSR count). The maximum absolute atomic E-state index is 12.1. The Hall–Kier alpha value is -1.12. The lowest BCUT2D eigenvalue weighted by Crippen LogP contribution is -2.27. The van der Waals surface area contributed by atoms with Gasteiger partial charge in [0.15, 0.2) is 0 Å². The SMILES string of the molecule is CC(C)n1ncc(S(=O)(=O)NCCCN(C)C)c1N. The lowest BCUT2D eigenvalue weighted by molar-refractivity contribution is 0.400. The van der Waals surface area contributed by atoms with Crippen LogP contribution in [0.4, 0.5) is 5.82 Å². The average Bonchev–Trinajstić information content (AvgIpc) is 2.67. The molecule has 110 valence electrons. The Morgan fingerprint density at radius 2 is 2.11 bits per heavy atom. The highest BCUT2D eigenvalue weighted by molar-refractivity contribution is 7.89. The number of sulfonamides is 1. The molecule has 8 heteroatoms. The molecule has 1 aromatic rings. The summed E-state index contributed by atoms with van der Waals surface area (Å²) in [5, 5.41) is 4.00. The van der Waals surface area contributed by atoms with E-state index >= 15 is 0 Å². The van der Waals surface area contributed by atoms with Crippen molar-refractivity contribution in [3.63, 3.8) is 0 Å². The predicted octanol–water partition coefficient (Wildman–Crippen LogP) is 0.276. The Balaban J connectivity index is 2.73. The molecule has 0 aromatic carbocycles. The van der Waals surface area contributed by atoms with E-state index < -0.39 is 10.0 Å². The van der Waals surface area contributed by atoms with Gasteiger partial charge in [0, 0.05) is 12.6 Å². The molecule has 0 radical (unpaired) electrons. The fourth-order valence-corrected chi connectivity index (χ4v) is 2.78. The first-order valence-electron chi connectivity index (χ1n) is 6.23. The minimum atomic E-state index is -3.58. The molecule has 0 amide bonds. The monoisotopic (exact) mass is 289 g/mol. The highest BCUT2D eigenvalue weighted by Crippen LogP contribution is 2.20. The zero-order chi connectivity index (χ0) is 14.6. The summed E-state index contributed by atoms with van der Waals surface area (Å²) in [6.45, 7) is 4.99. The van der Waals surface area contributed by atoms with Crippen LogP contribution in [-0.2, 0) is 10.0 Å². The summed E-state index contributed by atoms with van der Waals surface area (Å²) in [6.07, 6.45) is 2.04. The molecule has 0 saturated carbocycles. The largest absolute Gasteiger partial charge is 0.383 e. The number of rotatable bonds is 7. The summed E-state index contributed by atoms with van der Waals surface area (Å²) in [4.78, 5) is 2.05. The van der Waals surface area contributed by atoms with Gasteiger partial charge in [-0.2, -0.15) is 5.10 Å². The van der Waals surface area contributed by atoms with Crippen LogP contribution in [0.25, 0.3) is 0 Å². The molecule has 7 nitrogen and oxygen atoms in total. The molecule has 0 fully saturated rings. The van der Waals surface area contributed by atoms with Gasteiger partial charge in [-0.25, -0.2) is 17.8 Å². The van der Waals surface area contributed by atoms with Crippen LogP contribution in [0.5, 0.6) is 0 Å². The maximum Gasteiger partial charge on any atom is 0.245 e. The molecule has 0 bridgehead atoms. The van der Waals surface area contributed by atoms with E-state index in [4.69, 9.17) is 5.73 Å². The normalized spacial score (nSPS) is 12.5. The number of hydrogen-bond acceptors (Lipinski definition) is 5. The highest BCUT2D eigenvalue weighted by Gasteiger charge is 2.21. The van der Waals surface area contributed by atoms with Crippen LogP contribution in [0.1, 0.15) is 26.3 Å². The number of anilines is 1. The maximum atomic E-state index is 12.1. The Morgan fingerprint density at radius 3 is 2.58 bits per heavy atom. The molecular weight excluding hydrogens is 266 g/mol. The molecular formula is C11H23N5O2S. The Morgan fingerprint density at radius 1 is 1.47 bits per heavy atom. The van der Waals surface area contributed by atoms with E-state index in [0.29, 0.717) is 6.54 Å². The second-order valence-corrected chi connectivity index (χ2v) is 6.72. The van der Waals surface area contributed by atoms with Crippen molar-refractivity contribution in [2.45, 2.75) is 31.2 Å². The van der Waals surface area contributed by atoms with Gasteiger partial charge in [-0.05, 0) is 40.9 Å². The minimum Gasteiger partial charge on any atom is -0.383 e. The molecule has 0 unspecified atom stereocenters. The second-order valence-electron chi connectivity index (χ2n) is 4.99. The Bertz CT molecular complexity index is 507. The van der Waals surface area contributed by atoms with Gasteiger partial charge < -0.3 is 10.6 Å². The van der Waals surface area contributed by atoms with Crippen molar-refractivity contribution >= 4 is 15.8 Å². The van der Waals surface area contributed by atoms with Crippen LogP contribution < -0.4 is 10.5 Å². The Kier molecular flexibility index (Phi) is 5.33. The van der Waals surface area contributed by atoms with E-state index in [2.05, 4.69) is 9.82 Å². The van der Waals surface area contributed by atoms with E-state index in [1.54, 1.807) is 0 Å². The van der Waals surface area contributed by atoms with Gasteiger partial charge >= 0.3 is 0 Å². The Labute approximate surface area is 114 Å². The standard InChI is InChI=1S/C11H23N5O2S/c1-9(2)16-11(12)10(8-13-16)19(17,18)14-6-5-7-15(3)4/h8-9,14H,5-7,12H2,1-4H3. The van der Waals surface area contributed by atoms with Crippen LogP contribution in [-0.4, -0.2) is 50.3 Å². The number of nitrogen functional groups attached to an aromatic ring is 1. The van der Waals surface area contributed by atoms with E-state index in [-0.39, 0.29) is 16.8 Å². The number of hydrogen-bond donors (Lipinski definition) is 2. The third kappa shape index (κ3) is 4.19. The number of nitrogens with two attached hydrogens (primary N) is 1. The van der Waals surface area contributed by atoms with Crippen molar-refractivity contribution in [2.75, 3.05) is 32.9 Å². The molecule has 3 N–H and O–H groups in total. The van der Waals surface area contributed by atoms with Gasteiger partial charge in [-0.15, -0.1) is 0 Å². The summed E-state index contributed by atoms with van der Waals surface area (Å²) in [6, 6.07) is 0.0256. The predicted molar refractivity (Wildman–Crippen MR) is 75.4 cm³/mol. The zero-order valence-electron chi connectivity index (χ0n) is 11.9. The number of nitrogens with zero attached hydrogens (tertiary/aromatic N) is 3. The molecule has 1 heterocycles. The van der Waals surface area contributed by atoms with Gasteiger partial charge in [-0.1, -0.05) is 0 Å². The molecule has 0 atom stereocenters. The van der Waals surface area contributed by atoms with E-state index in [0.717, 1.165) is 13.0 Å². The molecule has 0 aliphatic heterocycles. The zero-order valence-corrected chi connectivity index (χ0v) is 12.7. The summed E-state index contributed by atoms with van der Waals surface area (Å²) in [5.41, 5.74) is 5.82. The van der Waals surface area contributed by atoms with Gasteiger partial charge in [0.05, 0.1) is 6.20 Å². The van der Waals surface area contributed by atoms with Crippen molar-refractivity contribution in [2.24, 2.45) is 0 Å². The summed E-state index contributed by atoms with van der Waals surface area (Å²) in [7, 11) is 0.309. The third-order valence-electron chi connectivity index (χ3n) is 2.65. The lowest BCUT2D eigenvalue weighted by Gasteiger charge is -2.11. The first-order valence-corrected chi connectivity index (χ1v) is 7.71. The van der Waals surface area contributed by atoms with E-state index in [1.807, 2.05) is 32.8 Å². The van der Waals surface area contributed by atoms with Crippen LogP contribution in [0, 0.1) is 0 Å². The van der Waals surface area contributed by atoms with Crippen LogP contribution in [0.2, 0.25) is 0 Å². The third-order valence-corrected chi connectivity index (χ3v) is 4.13. The minimum absolute atomic E-state index is 0.0256. The molecule has 1 aromatic heterocycles. The van der Waals surface area contributed by atoms with Crippen LogP contribution in [0.15, 0.2) is 11.1 Å². The van der Waals surface area contributed by atoms with Crippen molar-refractivity contribution < 1.29 is 8.42 Å². The molecule has 0 saturated heterocycles. The van der Waals surface area contributed by atoms with E-state index in [9.17, 15) is 8.42 Å². The summed E-state index contributed by atoms with van der Waals surface area (Å²) >= 11 is 0. The molecule has 0 aliphatic rings. The van der Waals surface area contributed by atoms with Crippen molar-refractivity contribution in [3.8, 4) is 0 Å². The van der Waals surface area contributed by atoms with E-state index in [1.165, 1.54) is 10.9 Å². The molecule has 0 spiro atoms. The molecule has 19 heavy (non-hydrogen) atoms. The second kappa shape index (κ2) is 6.36. The fourth-order valence-electron chi connectivity index (χ4n) is 1.65. The first kappa shape index (κ1) is 15.9. The van der Waals surface area contributed by atoms with Crippen molar-refractivity contribution in [3.05, 3.63) is 6.20 Å². The first-order chi connectivity index (χ1) is 8.75. The number of nitrogens with one attached hydrogen (secondary N) is 1. The fraction of sp³-hybridized carbons (Fsp3) is 0.727. The number of aromatic nitrogens is 2. The summed E-state index contributed by atoms with van der Waals surface area (Å²) in [5.74, 6) is 0.176. The van der Waals surface area contributed by atoms with Crippen LogP contribution >= 0.6 is 0 Å². The highest BCUT2D eigenvalue weighted by atomic mass is 32.2. The van der Waals surface area contributed by atoms with Crippen molar-refractivity contribution in [1.29, 1.82) is 0 Å². The quantitative estimate of drug-likeness (QED) is 0.703. The smallest absolute Gasteiger partial charge is 0.245 e. The van der Waals surface area contributed by atoms with Gasteiger partial charge in [0.2, 0.25) is 10.0 Å². The van der Waals surface area contributed by atoms with Gasteiger partial charge in [0.25, 0.3) is 0 Å².